The van der Waals surface area contributed by atoms with Gasteiger partial charge in [-0.05, 0) is 103 Å². The molecular formula is C31H28O2S4. The van der Waals surface area contributed by atoms with Crippen molar-refractivity contribution in [3.05, 3.63) is 81.5 Å². The van der Waals surface area contributed by atoms with Crippen LogP contribution in [0.5, 0.6) is 0 Å². The van der Waals surface area contributed by atoms with Crippen LogP contribution in [0.2, 0.25) is 0 Å². The van der Waals surface area contributed by atoms with Gasteiger partial charge in [-0.3, -0.25) is 9.59 Å². The van der Waals surface area contributed by atoms with Crippen LogP contribution in [0.4, 0.5) is 0 Å². The molecule has 6 heteroatoms. The lowest BCUT2D eigenvalue weighted by Gasteiger charge is -2.07. The summed E-state index contributed by atoms with van der Waals surface area (Å²) in [7, 11) is 0. The minimum absolute atomic E-state index is 0.107. The van der Waals surface area contributed by atoms with Crippen LogP contribution < -0.4 is 0 Å². The zero-order valence-corrected chi connectivity index (χ0v) is 24.6. The maximum Gasteiger partial charge on any atom is 0.190 e. The van der Waals surface area contributed by atoms with E-state index in [2.05, 4.69) is 50.2 Å². The third kappa shape index (κ3) is 5.88. The number of thioether (sulfide) groups is 2. The van der Waals surface area contributed by atoms with Gasteiger partial charge in [0.05, 0.1) is 0 Å². The van der Waals surface area contributed by atoms with E-state index in [4.69, 9.17) is 0 Å². The monoisotopic (exact) mass is 560 g/mol. The van der Waals surface area contributed by atoms with Crippen LogP contribution in [-0.4, -0.2) is 10.2 Å². The lowest BCUT2D eigenvalue weighted by molar-refractivity contribution is -0.109. The van der Waals surface area contributed by atoms with Crippen LogP contribution in [0.3, 0.4) is 0 Å². The number of allylic oxidation sites excluding steroid dienone is 2. The Labute approximate surface area is 235 Å². The second-order valence-electron chi connectivity index (χ2n) is 9.21. The molecule has 0 bridgehead atoms. The minimum Gasteiger partial charge on any atom is -0.287 e. The standard InChI is InChI=1S/C31H28O2S4/c1-18-28(16-30(34-18)22-8-5-10-24(14-22)36-20(3)32)26-12-7-13-27(26)29-17-31(35-19(29)2)23-9-6-11-25(15-23)37-21(4)33/h5-6,8-11,14-17H,7,12-13H2,1-4H3. The van der Waals surface area contributed by atoms with Crippen molar-refractivity contribution in [3.63, 3.8) is 0 Å². The van der Waals surface area contributed by atoms with Crippen molar-refractivity contribution >= 4 is 67.6 Å². The summed E-state index contributed by atoms with van der Waals surface area (Å²) < 4.78 is 0. The highest BCUT2D eigenvalue weighted by molar-refractivity contribution is 8.13. The predicted molar refractivity (Wildman–Crippen MR) is 163 cm³/mol. The summed E-state index contributed by atoms with van der Waals surface area (Å²) in [6, 6.07) is 21.3. The number of rotatable bonds is 6. The summed E-state index contributed by atoms with van der Waals surface area (Å²) in [5.41, 5.74) is 8.02. The number of carbonyl (C=O) groups is 2. The van der Waals surface area contributed by atoms with Gasteiger partial charge in [0, 0.05) is 43.1 Å². The molecule has 0 fully saturated rings. The quantitative estimate of drug-likeness (QED) is 0.220. The number of carbonyl (C=O) groups excluding carboxylic acids is 2. The summed E-state index contributed by atoms with van der Waals surface area (Å²) in [6.45, 7) is 7.67. The van der Waals surface area contributed by atoms with Gasteiger partial charge in [-0.2, -0.15) is 0 Å². The molecule has 1 aliphatic rings. The van der Waals surface area contributed by atoms with Gasteiger partial charge >= 0.3 is 0 Å². The Morgan fingerprint density at radius 3 is 1.51 bits per heavy atom. The van der Waals surface area contributed by atoms with Crippen molar-refractivity contribution in [1.29, 1.82) is 0 Å². The number of hydrogen-bond acceptors (Lipinski definition) is 6. The Balaban J connectivity index is 1.50. The molecule has 0 amide bonds. The van der Waals surface area contributed by atoms with E-state index in [1.165, 1.54) is 82.9 Å². The van der Waals surface area contributed by atoms with Crippen molar-refractivity contribution in [2.75, 3.05) is 0 Å². The fourth-order valence-electron chi connectivity index (χ4n) is 4.94. The van der Waals surface area contributed by atoms with Gasteiger partial charge in [-0.1, -0.05) is 47.8 Å². The maximum atomic E-state index is 11.6. The van der Waals surface area contributed by atoms with Crippen molar-refractivity contribution in [1.82, 2.24) is 0 Å². The van der Waals surface area contributed by atoms with Crippen molar-refractivity contribution < 1.29 is 9.59 Å². The molecular weight excluding hydrogens is 533 g/mol. The molecule has 0 N–H and O–H groups in total. The van der Waals surface area contributed by atoms with Crippen LogP contribution in [-0.2, 0) is 9.59 Å². The molecule has 4 aromatic rings. The van der Waals surface area contributed by atoms with Gasteiger partial charge in [-0.15, -0.1) is 22.7 Å². The van der Waals surface area contributed by atoms with Gasteiger partial charge in [-0.25, -0.2) is 0 Å². The van der Waals surface area contributed by atoms with Crippen LogP contribution in [0.1, 0.15) is 54.0 Å². The zero-order valence-electron chi connectivity index (χ0n) is 21.3. The molecule has 2 nitrogen and oxygen atoms in total. The molecule has 0 saturated heterocycles. The van der Waals surface area contributed by atoms with E-state index in [1.54, 1.807) is 13.8 Å². The summed E-state index contributed by atoms with van der Waals surface area (Å²) in [5.74, 6) is 0. The van der Waals surface area contributed by atoms with E-state index < -0.39 is 0 Å². The molecule has 37 heavy (non-hydrogen) atoms. The fraction of sp³-hybridized carbons (Fsp3) is 0.226. The van der Waals surface area contributed by atoms with Crippen molar-refractivity contribution in [2.45, 2.75) is 56.7 Å². The molecule has 2 aromatic heterocycles. The maximum absolute atomic E-state index is 11.6. The van der Waals surface area contributed by atoms with Gasteiger partial charge in [0.25, 0.3) is 0 Å². The molecule has 0 aliphatic heterocycles. The fourth-order valence-corrected chi connectivity index (χ4v) is 8.36. The number of hydrogen-bond donors (Lipinski definition) is 0. The van der Waals surface area contributed by atoms with Gasteiger partial charge < -0.3 is 0 Å². The molecule has 188 valence electrons. The van der Waals surface area contributed by atoms with Crippen molar-refractivity contribution in [3.8, 4) is 20.9 Å². The Morgan fingerprint density at radius 2 is 1.11 bits per heavy atom. The molecule has 2 aromatic carbocycles. The van der Waals surface area contributed by atoms with Gasteiger partial charge in [0.15, 0.2) is 10.2 Å². The lowest BCUT2D eigenvalue weighted by atomic mass is 9.96. The number of thiophene rings is 2. The first-order valence-corrected chi connectivity index (χ1v) is 15.6. The molecule has 0 saturated carbocycles. The van der Waals surface area contributed by atoms with Crippen molar-refractivity contribution in [2.24, 2.45) is 0 Å². The topological polar surface area (TPSA) is 34.1 Å². The lowest BCUT2D eigenvalue weighted by Crippen LogP contribution is -1.86. The Morgan fingerprint density at radius 1 is 0.676 bits per heavy atom. The average Bonchev–Trinajstić information content (AvgIpc) is 3.56. The summed E-state index contributed by atoms with van der Waals surface area (Å²) in [6.07, 6.45) is 3.37. The summed E-state index contributed by atoms with van der Waals surface area (Å²) in [5, 5.41) is 0.214. The summed E-state index contributed by atoms with van der Waals surface area (Å²) >= 11 is 6.25. The molecule has 1 aliphatic carbocycles. The zero-order chi connectivity index (χ0) is 26.1. The number of aryl methyl sites for hydroxylation is 2. The molecule has 0 atom stereocenters. The van der Waals surface area contributed by atoms with Crippen LogP contribution in [0, 0.1) is 13.8 Å². The highest BCUT2D eigenvalue weighted by atomic mass is 32.2. The predicted octanol–water partition coefficient (Wildman–Crippen LogP) is 10.1. The van der Waals surface area contributed by atoms with Crippen LogP contribution in [0.15, 0.2) is 70.5 Å². The van der Waals surface area contributed by atoms with E-state index in [9.17, 15) is 9.59 Å². The molecule has 0 unspecified atom stereocenters. The van der Waals surface area contributed by atoms with E-state index in [0.29, 0.717) is 0 Å². The Kier molecular flexibility index (Phi) is 7.91. The van der Waals surface area contributed by atoms with Gasteiger partial charge in [0.2, 0.25) is 0 Å². The first-order chi connectivity index (χ1) is 17.8. The van der Waals surface area contributed by atoms with Gasteiger partial charge in [0.1, 0.15) is 0 Å². The number of benzene rings is 2. The molecule has 0 radical (unpaired) electrons. The summed E-state index contributed by atoms with van der Waals surface area (Å²) in [4.78, 5) is 30.3. The Bertz CT molecular complexity index is 1420. The highest BCUT2D eigenvalue weighted by Gasteiger charge is 2.23. The average molecular weight is 561 g/mol. The van der Waals surface area contributed by atoms with Crippen LogP contribution >= 0.6 is 46.2 Å². The smallest absolute Gasteiger partial charge is 0.190 e. The third-order valence-electron chi connectivity index (χ3n) is 6.46. The highest BCUT2D eigenvalue weighted by Crippen LogP contribution is 2.47. The molecule has 2 heterocycles. The molecule has 5 rings (SSSR count). The molecule has 0 spiro atoms. The van der Waals surface area contributed by atoms with E-state index >= 15 is 0 Å². The van der Waals surface area contributed by atoms with E-state index in [1.807, 2.05) is 46.9 Å². The van der Waals surface area contributed by atoms with E-state index in [-0.39, 0.29) is 10.2 Å². The first kappa shape index (κ1) is 26.2. The largest absolute Gasteiger partial charge is 0.287 e. The van der Waals surface area contributed by atoms with E-state index in [0.717, 1.165) is 22.6 Å². The third-order valence-corrected chi connectivity index (χ3v) is 10.2. The normalized spacial score (nSPS) is 13.4. The Hall–Kier alpha value is -2.38. The van der Waals surface area contributed by atoms with Crippen LogP contribution in [0.25, 0.3) is 32.0 Å². The second kappa shape index (κ2) is 11.2. The second-order valence-corrected chi connectivity index (χ2v) is 14.2. The first-order valence-electron chi connectivity index (χ1n) is 12.3. The minimum atomic E-state index is 0.107. The SMILES string of the molecule is CC(=O)Sc1cccc(-c2cc(C3=C(c4cc(-c5cccc(SC(C)=O)c5)sc4C)CCC3)c(C)s2)c1.